The fourth-order valence-electron chi connectivity index (χ4n) is 4.80. The first-order valence-electron chi connectivity index (χ1n) is 12.2. The van der Waals surface area contributed by atoms with Crippen molar-refractivity contribution in [1.82, 2.24) is 16.0 Å². The molecule has 192 valence electrons. The summed E-state index contributed by atoms with van der Waals surface area (Å²) >= 11 is 1.52. The lowest BCUT2D eigenvalue weighted by atomic mass is 9.80. The Hall–Kier alpha value is -2.75. The lowest BCUT2D eigenvalue weighted by molar-refractivity contribution is -0.141. The van der Waals surface area contributed by atoms with Crippen LogP contribution in [0.15, 0.2) is 18.2 Å². The minimum Gasteiger partial charge on any atom is -0.504 e. The topological polar surface area (TPSA) is 145 Å². The number of phenolic OH excluding ortho intramolecular Hbond substituents is 2. The van der Waals surface area contributed by atoms with Crippen molar-refractivity contribution < 1.29 is 29.4 Å². The maximum Gasteiger partial charge on any atom is 0.289 e. The summed E-state index contributed by atoms with van der Waals surface area (Å²) in [4.78, 5) is 52.1. The van der Waals surface area contributed by atoms with Crippen LogP contribution in [0, 0.1) is 0 Å². The number of benzene rings is 1. The molecule has 0 unspecified atom stereocenters. The van der Waals surface area contributed by atoms with Crippen LogP contribution < -0.4 is 16.0 Å². The number of hydrogen-bond acceptors (Lipinski definition) is 7. The number of nitrogens with one attached hydrogen (secondary N) is 3. The van der Waals surface area contributed by atoms with Gasteiger partial charge in [-0.1, -0.05) is 32.1 Å². The van der Waals surface area contributed by atoms with Crippen LogP contribution in [-0.4, -0.2) is 63.3 Å². The van der Waals surface area contributed by atoms with E-state index in [0.717, 1.165) is 51.0 Å². The third-order valence-electron chi connectivity index (χ3n) is 6.88. The highest BCUT2D eigenvalue weighted by Gasteiger charge is 2.43. The quantitative estimate of drug-likeness (QED) is 0.242. The van der Waals surface area contributed by atoms with Gasteiger partial charge >= 0.3 is 0 Å². The molecule has 0 bridgehead atoms. The second kappa shape index (κ2) is 12.3. The van der Waals surface area contributed by atoms with Crippen LogP contribution in [-0.2, 0) is 14.4 Å². The Kier molecular flexibility index (Phi) is 9.42. The molecule has 5 N–H and O–H groups in total. The average Bonchev–Trinajstić information content (AvgIpc) is 3.36. The summed E-state index contributed by atoms with van der Waals surface area (Å²) in [6.07, 6.45) is 9.09. The molecule has 0 saturated heterocycles. The number of ketones is 1. The highest BCUT2D eigenvalue weighted by Crippen LogP contribution is 2.30. The number of Topliss-reactive ketones (excluding diaryl/α,β-unsaturated/α-hetero) is 1. The van der Waals surface area contributed by atoms with Gasteiger partial charge in [-0.2, -0.15) is 11.8 Å². The molecule has 1 aromatic rings. The predicted octanol–water partition coefficient (Wildman–Crippen LogP) is 2.40. The Bertz CT molecular complexity index is 941. The average molecular weight is 506 g/mol. The maximum atomic E-state index is 13.5. The first-order valence-corrected chi connectivity index (χ1v) is 13.6. The molecule has 0 aliphatic heterocycles. The van der Waals surface area contributed by atoms with Crippen LogP contribution >= 0.6 is 11.8 Å². The molecular weight excluding hydrogens is 470 g/mol. The third-order valence-corrected chi connectivity index (χ3v) is 7.52. The second-order valence-corrected chi connectivity index (χ2v) is 10.4. The van der Waals surface area contributed by atoms with E-state index in [4.69, 9.17) is 0 Å². The van der Waals surface area contributed by atoms with Gasteiger partial charge in [-0.25, -0.2) is 0 Å². The summed E-state index contributed by atoms with van der Waals surface area (Å²) in [5.41, 5.74) is -1.13. The minimum atomic E-state index is -1.23. The summed E-state index contributed by atoms with van der Waals surface area (Å²) in [7, 11) is 0. The molecule has 0 heterocycles. The van der Waals surface area contributed by atoms with Crippen LogP contribution in [0.4, 0.5) is 0 Å². The first kappa shape index (κ1) is 26.8. The molecule has 2 saturated carbocycles. The Morgan fingerprint density at radius 2 is 1.71 bits per heavy atom. The van der Waals surface area contributed by atoms with Crippen molar-refractivity contribution in [3.63, 3.8) is 0 Å². The lowest BCUT2D eigenvalue weighted by Crippen LogP contribution is -2.62. The van der Waals surface area contributed by atoms with E-state index in [1.807, 2.05) is 6.26 Å². The van der Waals surface area contributed by atoms with E-state index in [2.05, 4.69) is 16.0 Å². The van der Waals surface area contributed by atoms with Gasteiger partial charge in [0.25, 0.3) is 11.8 Å². The number of carbonyl (C=O) groups is 4. The number of phenols is 2. The van der Waals surface area contributed by atoms with Crippen molar-refractivity contribution in [2.24, 2.45) is 0 Å². The van der Waals surface area contributed by atoms with Gasteiger partial charge in [0.05, 0.1) is 6.04 Å². The normalized spacial score (nSPS) is 18.4. The standard InChI is InChI=1S/C25H35N3O6S/c1-35-14-11-18(21(31)23(33)26-17-7-3-4-8-17)27-24(34)25(12-5-2-6-13-25)28-22(32)16-9-10-19(29)20(30)15-16/h9-10,15,17-18,29-30H,2-8,11-14H2,1H3,(H,26,33)(H,27,34)(H,28,32)/t18-/m0/s1. The SMILES string of the molecule is CSCC[C@H](NC(=O)C1(NC(=O)c2ccc(O)c(O)c2)CCCCC1)C(=O)C(=O)NC1CCCC1. The van der Waals surface area contributed by atoms with Crippen molar-refractivity contribution >= 4 is 35.3 Å². The van der Waals surface area contributed by atoms with Gasteiger partial charge in [0.15, 0.2) is 11.5 Å². The van der Waals surface area contributed by atoms with Gasteiger partial charge in [-0.15, -0.1) is 0 Å². The van der Waals surface area contributed by atoms with E-state index in [1.54, 1.807) is 0 Å². The number of hydrogen-bond donors (Lipinski definition) is 5. The highest BCUT2D eigenvalue weighted by molar-refractivity contribution is 7.98. The van der Waals surface area contributed by atoms with Gasteiger partial charge in [0, 0.05) is 11.6 Å². The predicted molar refractivity (Wildman–Crippen MR) is 133 cm³/mol. The van der Waals surface area contributed by atoms with E-state index >= 15 is 0 Å². The molecule has 2 aliphatic carbocycles. The number of carbonyl (C=O) groups excluding carboxylic acids is 4. The van der Waals surface area contributed by atoms with E-state index in [1.165, 1.54) is 23.9 Å². The zero-order valence-electron chi connectivity index (χ0n) is 20.1. The van der Waals surface area contributed by atoms with Crippen LogP contribution in [0.3, 0.4) is 0 Å². The Labute approximate surface area is 209 Å². The van der Waals surface area contributed by atoms with Gasteiger partial charge < -0.3 is 26.2 Å². The number of rotatable bonds is 10. The smallest absolute Gasteiger partial charge is 0.289 e. The fraction of sp³-hybridized carbons (Fsp3) is 0.600. The molecule has 0 aromatic heterocycles. The van der Waals surface area contributed by atoms with Gasteiger partial charge in [0.1, 0.15) is 5.54 Å². The number of thioether (sulfide) groups is 1. The molecule has 0 radical (unpaired) electrons. The molecule has 1 aromatic carbocycles. The van der Waals surface area contributed by atoms with E-state index < -0.39 is 40.8 Å². The molecule has 3 rings (SSSR count). The number of amides is 3. The fourth-order valence-corrected chi connectivity index (χ4v) is 5.28. The van der Waals surface area contributed by atoms with Gasteiger partial charge in [-0.05, 0) is 62.3 Å². The molecule has 1 atom stereocenters. The second-order valence-electron chi connectivity index (χ2n) is 9.43. The van der Waals surface area contributed by atoms with E-state index in [9.17, 15) is 29.4 Å². The summed E-state index contributed by atoms with van der Waals surface area (Å²) in [6, 6.07) is 2.71. The van der Waals surface area contributed by atoms with E-state index in [0.29, 0.717) is 25.0 Å². The lowest BCUT2D eigenvalue weighted by Gasteiger charge is -2.37. The van der Waals surface area contributed by atoms with Gasteiger partial charge in [-0.3, -0.25) is 19.2 Å². The van der Waals surface area contributed by atoms with Crippen molar-refractivity contribution in [3.05, 3.63) is 23.8 Å². The first-order chi connectivity index (χ1) is 16.8. The largest absolute Gasteiger partial charge is 0.504 e. The molecule has 9 nitrogen and oxygen atoms in total. The highest BCUT2D eigenvalue weighted by atomic mass is 32.2. The maximum absolute atomic E-state index is 13.5. The molecule has 2 fully saturated rings. The molecule has 3 amide bonds. The van der Waals surface area contributed by atoms with Crippen LogP contribution in [0.1, 0.15) is 74.6 Å². The zero-order valence-corrected chi connectivity index (χ0v) is 20.9. The minimum absolute atomic E-state index is 0.00551. The third kappa shape index (κ3) is 6.90. The monoisotopic (exact) mass is 505 g/mol. The Balaban J connectivity index is 1.75. The van der Waals surface area contributed by atoms with Crippen molar-refractivity contribution in [1.29, 1.82) is 0 Å². The molecular formula is C25H35N3O6S. The Morgan fingerprint density at radius 1 is 1.03 bits per heavy atom. The van der Waals surface area contributed by atoms with Crippen molar-refractivity contribution in [2.75, 3.05) is 12.0 Å². The molecule has 0 spiro atoms. The summed E-state index contributed by atoms with van der Waals surface area (Å²) in [6.45, 7) is 0. The van der Waals surface area contributed by atoms with Crippen LogP contribution in [0.2, 0.25) is 0 Å². The van der Waals surface area contributed by atoms with Gasteiger partial charge in [0.2, 0.25) is 11.7 Å². The summed E-state index contributed by atoms with van der Waals surface area (Å²) in [5.74, 6) is -2.59. The van der Waals surface area contributed by atoms with Crippen LogP contribution in [0.5, 0.6) is 11.5 Å². The van der Waals surface area contributed by atoms with E-state index in [-0.39, 0.29) is 17.4 Å². The summed E-state index contributed by atoms with van der Waals surface area (Å²) < 4.78 is 0. The summed E-state index contributed by atoms with van der Waals surface area (Å²) in [5, 5.41) is 27.7. The molecule has 2 aliphatic rings. The van der Waals surface area contributed by atoms with Crippen molar-refractivity contribution in [3.8, 4) is 11.5 Å². The Morgan fingerprint density at radius 3 is 2.34 bits per heavy atom. The number of aromatic hydroxyl groups is 2. The molecule has 10 heteroatoms. The van der Waals surface area contributed by atoms with Crippen molar-refractivity contribution in [2.45, 2.75) is 81.8 Å². The zero-order chi connectivity index (χ0) is 25.4. The molecule has 35 heavy (non-hydrogen) atoms. The van der Waals surface area contributed by atoms with Crippen LogP contribution in [0.25, 0.3) is 0 Å².